The topological polar surface area (TPSA) is 35.8 Å². The second-order valence-electron chi connectivity index (χ2n) is 7.47. The van der Waals surface area contributed by atoms with Crippen LogP contribution in [0.5, 0.6) is 0 Å². The predicted octanol–water partition coefficient (Wildman–Crippen LogP) is 7.79. The van der Waals surface area contributed by atoms with Crippen molar-refractivity contribution in [1.82, 2.24) is 0 Å². The van der Waals surface area contributed by atoms with E-state index in [-0.39, 0.29) is 0 Å². The van der Waals surface area contributed by atoms with E-state index in [9.17, 15) is 0 Å². The maximum Gasteiger partial charge on any atom is 0.0991 e. The molecule has 2 heteroatoms. The second-order valence-corrected chi connectivity index (χ2v) is 7.47. The molecule has 1 N–H and O–H groups in total. The molecule has 0 bridgehead atoms. The Kier molecular flexibility index (Phi) is 4.92. The van der Waals surface area contributed by atoms with Crippen LogP contribution in [0.15, 0.2) is 115 Å². The molecule has 0 aromatic heterocycles. The molecule has 0 saturated heterocycles. The molecule has 0 atom stereocenters. The fraction of sp³-hybridized carbons (Fsp3) is 0. The molecule has 5 aromatic rings. The summed E-state index contributed by atoms with van der Waals surface area (Å²) in [5, 5.41) is 15.1. The highest BCUT2D eigenvalue weighted by Gasteiger charge is 2.09. The van der Waals surface area contributed by atoms with E-state index in [1.807, 2.05) is 42.5 Å². The molecule has 5 aromatic carbocycles. The van der Waals surface area contributed by atoms with Crippen molar-refractivity contribution in [3.05, 3.63) is 121 Å². The van der Waals surface area contributed by atoms with Crippen molar-refractivity contribution in [2.24, 2.45) is 0 Å². The van der Waals surface area contributed by atoms with Crippen molar-refractivity contribution in [2.45, 2.75) is 0 Å². The molecule has 0 unspecified atom stereocenters. The Morgan fingerprint density at radius 1 is 0.548 bits per heavy atom. The molecule has 0 aliphatic rings. The van der Waals surface area contributed by atoms with Gasteiger partial charge in [-0.05, 0) is 58.0 Å². The summed E-state index contributed by atoms with van der Waals surface area (Å²) in [6.45, 7) is 0. The molecule has 2 nitrogen and oxygen atoms in total. The molecule has 5 rings (SSSR count). The van der Waals surface area contributed by atoms with Gasteiger partial charge in [-0.3, -0.25) is 0 Å². The molecule has 0 aliphatic carbocycles. The predicted molar refractivity (Wildman–Crippen MR) is 129 cm³/mol. The maximum atomic E-state index is 9.16. The minimum Gasteiger partial charge on any atom is -0.355 e. The zero-order valence-electron chi connectivity index (χ0n) is 16.9. The first kappa shape index (κ1) is 18.7. The van der Waals surface area contributed by atoms with E-state index < -0.39 is 0 Å². The monoisotopic (exact) mass is 396 g/mol. The minimum absolute atomic E-state index is 0.675. The van der Waals surface area contributed by atoms with Crippen LogP contribution in [0.25, 0.3) is 33.0 Å². The lowest BCUT2D eigenvalue weighted by Crippen LogP contribution is -1.92. The Morgan fingerprint density at radius 2 is 1.26 bits per heavy atom. The first-order valence-electron chi connectivity index (χ1n) is 10.3. The summed E-state index contributed by atoms with van der Waals surface area (Å²) in [4.78, 5) is 0. The van der Waals surface area contributed by atoms with E-state index in [0.717, 1.165) is 22.5 Å². The number of para-hydroxylation sites is 1. The maximum absolute atomic E-state index is 9.16. The zero-order valence-corrected chi connectivity index (χ0v) is 16.9. The molecule has 0 spiro atoms. The lowest BCUT2D eigenvalue weighted by atomic mass is 9.95. The van der Waals surface area contributed by atoms with E-state index in [0.29, 0.717) is 5.56 Å². The average Bonchev–Trinajstić information content (AvgIpc) is 2.85. The number of benzene rings is 5. The van der Waals surface area contributed by atoms with Crippen LogP contribution in [-0.2, 0) is 0 Å². The fourth-order valence-corrected chi connectivity index (χ4v) is 3.95. The fourth-order valence-electron chi connectivity index (χ4n) is 3.95. The van der Waals surface area contributed by atoms with E-state index in [2.05, 4.69) is 84.2 Å². The van der Waals surface area contributed by atoms with E-state index in [1.54, 1.807) is 0 Å². The van der Waals surface area contributed by atoms with Crippen LogP contribution in [0, 0.1) is 11.3 Å². The number of nitrogens with zero attached hydrogens (tertiary/aromatic N) is 1. The highest BCUT2D eigenvalue weighted by molar-refractivity contribution is 6.04. The Labute approximate surface area is 182 Å². The molecule has 0 fully saturated rings. The summed E-state index contributed by atoms with van der Waals surface area (Å²) >= 11 is 0. The van der Waals surface area contributed by atoms with Gasteiger partial charge in [0.25, 0.3) is 0 Å². The van der Waals surface area contributed by atoms with Gasteiger partial charge < -0.3 is 5.32 Å². The van der Waals surface area contributed by atoms with Gasteiger partial charge in [-0.2, -0.15) is 5.26 Å². The van der Waals surface area contributed by atoms with Crippen LogP contribution in [0.3, 0.4) is 0 Å². The van der Waals surface area contributed by atoms with Crippen molar-refractivity contribution in [2.75, 3.05) is 5.32 Å². The van der Waals surface area contributed by atoms with Gasteiger partial charge in [0.1, 0.15) is 0 Å². The number of nitrogens with one attached hydrogen (secondary N) is 1. The molecule has 0 amide bonds. The first-order chi connectivity index (χ1) is 15.3. The highest BCUT2D eigenvalue weighted by atomic mass is 14.9. The van der Waals surface area contributed by atoms with Crippen molar-refractivity contribution < 1.29 is 0 Å². The molecular formula is C29H20N2. The molecule has 31 heavy (non-hydrogen) atoms. The van der Waals surface area contributed by atoms with Crippen molar-refractivity contribution in [3.63, 3.8) is 0 Å². The van der Waals surface area contributed by atoms with Gasteiger partial charge in [0.05, 0.1) is 11.6 Å². The van der Waals surface area contributed by atoms with E-state index in [4.69, 9.17) is 5.26 Å². The van der Waals surface area contributed by atoms with Crippen LogP contribution >= 0.6 is 0 Å². The first-order valence-corrected chi connectivity index (χ1v) is 10.3. The normalized spacial score (nSPS) is 10.5. The Hall–Kier alpha value is -4.35. The van der Waals surface area contributed by atoms with Crippen LogP contribution in [-0.4, -0.2) is 0 Å². The number of anilines is 2. The second kappa shape index (κ2) is 8.18. The van der Waals surface area contributed by atoms with Crippen molar-refractivity contribution in [3.8, 4) is 28.3 Å². The van der Waals surface area contributed by atoms with Crippen LogP contribution in [0.4, 0.5) is 11.4 Å². The Bertz CT molecular complexity index is 1390. The molecule has 0 saturated carbocycles. The summed E-state index contributed by atoms with van der Waals surface area (Å²) in [6, 6.07) is 41.5. The van der Waals surface area contributed by atoms with Gasteiger partial charge in [0.15, 0.2) is 0 Å². The molecule has 0 aliphatic heterocycles. The third-order valence-electron chi connectivity index (χ3n) is 5.50. The summed E-state index contributed by atoms with van der Waals surface area (Å²) in [7, 11) is 0. The van der Waals surface area contributed by atoms with Crippen molar-refractivity contribution in [1.29, 1.82) is 5.26 Å². The summed E-state index contributed by atoms with van der Waals surface area (Å²) < 4.78 is 0. The number of fused-ring (bicyclic) bond motifs is 1. The largest absolute Gasteiger partial charge is 0.355 e. The number of rotatable bonds is 4. The van der Waals surface area contributed by atoms with Gasteiger partial charge >= 0.3 is 0 Å². The lowest BCUT2D eigenvalue weighted by Gasteiger charge is -2.14. The Morgan fingerprint density at radius 3 is 2.03 bits per heavy atom. The quantitative estimate of drug-likeness (QED) is 0.336. The van der Waals surface area contributed by atoms with Crippen molar-refractivity contribution >= 4 is 22.1 Å². The summed E-state index contributed by atoms with van der Waals surface area (Å²) in [6.07, 6.45) is 0. The smallest absolute Gasteiger partial charge is 0.0991 e. The van der Waals surface area contributed by atoms with Gasteiger partial charge in [0, 0.05) is 16.8 Å². The Balaban J connectivity index is 1.53. The zero-order chi connectivity index (χ0) is 21.0. The summed E-state index contributed by atoms with van der Waals surface area (Å²) in [5.41, 5.74) is 7.37. The van der Waals surface area contributed by atoms with Gasteiger partial charge in [-0.1, -0.05) is 84.9 Å². The third-order valence-corrected chi connectivity index (χ3v) is 5.50. The molecular weight excluding hydrogens is 376 g/mol. The molecule has 0 radical (unpaired) electrons. The SMILES string of the molecule is N#Cc1cccc(-c2ccc(-c3ccc(Nc4ccccc4)c4ccccc34)cc2)c1. The minimum atomic E-state index is 0.675. The third kappa shape index (κ3) is 3.77. The summed E-state index contributed by atoms with van der Waals surface area (Å²) in [5.74, 6) is 0. The van der Waals surface area contributed by atoms with Gasteiger partial charge in [-0.15, -0.1) is 0 Å². The van der Waals surface area contributed by atoms with Crippen LogP contribution in [0.2, 0.25) is 0 Å². The van der Waals surface area contributed by atoms with E-state index >= 15 is 0 Å². The van der Waals surface area contributed by atoms with Gasteiger partial charge in [-0.25, -0.2) is 0 Å². The van der Waals surface area contributed by atoms with E-state index in [1.165, 1.54) is 21.9 Å². The average molecular weight is 396 g/mol. The van der Waals surface area contributed by atoms with Gasteiger partial charge in [0.2, 0.25) is 0 Å². The van der Waals surface area contributed by atoms with Crippen LogP contribution in [0.1, 0.15) is 5.56 Å². The lowest BCUT2D eigenvalue weighted by molar-refractivity contribution is 1.48. The standard InChI is InChI=1S/C29H20N2/c30-20-21-7-6-8-24(19-21)22-13-15-23(16-14-22)26-17-18-29(28-12-5-4-11-27(26)28)31-25-9-2-1-3-10-25/h1-19,31H. The number of hydrogen-bond donors (Lipinski definition) is 1. The molecule has 0 heterocycles. The molecule has 146 valence electrons. The highest BCUT2D eigenvalue weighted by Crippen LogP contribution is 2.35. The van der Waals surface area contributed by atoms with Crippen LogP contribution < -0.4 is 5.32 Å². The number of hydrogen-bond acceptors (Lipinski definition) is 2. The number of nitriles is 1.